The lowest BCUT2D eigenvalue weighted by Crippen LogP contribution is -2.47. The van der Waals surface area contributed by atoms with Crippen LogP contribution in [0.5, 0.6) is 0 Å². The fourth-order valence-corrected chi connectivity index (χ4v) is 3.37. The second kappa shape index (κ2) is 3.77. The van der Waals surface area contributed by atoms with Gasteiger partial charge in [-0.15, -0.1) is 0 Å². The lowest BCUT2D eigenvalue weighted by Gasteiger charge is -2.45. The zero-order valence-corrected chi connectivity index (χ0v) is 10.00. The van der Waals surface area contributed by atoms with E-state index in [4.69, 9.17) is 0 Å². The van der Waals surface area contributed by atoms with E-state index in [9.17, 15) is 0 Å². The van der Waals surface area contributed by atoms with Gasteiger partial charge in [0.2, 0.25) is 0 Å². The minimum absolute atomic E-state index is 0.536. The Morgan fingerprint density at radius 2 is 1.94 bits per heavy atom. The predicted molar refractivity (Wildman–Crippen MR) is 68.0 cm³/mol. The van der Waals surface area contributed by atoms with Crippen LogP contribution in [0.15, 0.2) is 24.3 Å². The molecule has 2 aliphatic rings. The zero-order chi connectivity index (χ0) is 11.0. The van der Waals surface area contributed by atoms with Crippen molar-refractivity contribution in [3.05, 3.63) is 29.8 Å². The molecular formula is C14H20N2. The van der Waals surface area contributed by atoms with E-state index in [1.54, 1.807) is 0 Å². The van der Waals surface area contributed by atoms with Gasteiger partial charge < -0.3 is 10.2 Å². The molecule has 0 aromatic heterocycles. The average molecular weight is 216 g/mol. The van der Waals surface area contributed by atoms with E-state index < -0.39 is 0 Å². The third-order valence-electron chi connectivity index (χ3n) is 4.21. The number of piperidine rings is 1. The molecule has 86 valence electrons. The SMILES string of the molecule is CN1CC2(CCNCC2)Cc2ccccc21. The van der Waals surface area contributed by atoms with Crippen LogP contribution < -0.4 is 10.2 Å². The van der Waals surface area contributed by atoms with Gasteiger partial charge in [-0.05, 0) is 49.4 Å². The van der Waals surface area contributed by atoms with Crippen LogP contribution in [0.1, 0.15) is 18.4 Å². The number of fused-ring (bicyclic) bond motifs is 1. The van der Waals surface area contributed by atoms with E-state index in [1.807, 2.05) is 0 Å². The van der Waals surface area contributed by atoms with E-state index >= 15 is 0 Å². The van der Waals surface area contributed by atoms with Crippen molar-refractivity contribution in [1.82, 2.24) is 5.32 Å². The third kappa shape index (κ3) is 1.61. The van der Waals surface area contributed by atoms with Crippen molar-refractivity contribution in [3.63, 3.8) is 0 Å². The van der Waals surface area contributed by atoms with Crippen LogP contribution in [0.2, 0.25) is 0 Å². The Morgan fingerprint density at radius 1 is 1.19 bits per heavy atom. The number of hydrogen-bond acceptors (Lipinski definition) is 2. The largest absolute Gasteiger partial charge is 0.374 e. The Balaban J connectivity index is 1.93. The second-order valence-corrected chi connectivity index (χ2v) is 5.41. The van der Waals surface area contributed by atoms with E-state index in [2.05, 4.69) is 41.5 Å². The lowest BCUT2D eigenvalue weighted by atomic mass is 9.71. The Kier molecular flexibility index (Phi) is 2.40. The number of nitrogens with zero attached hydrogens (tertiary/aromatic N) is 1. The summed E-state index contributed by atoms with van der Waals surface area (Å²) in [5.74, 6) is 0. The Hall–Kier alpha value is -1.02. The van der Waals surface area contributed by atoms with Gasteiger partial charge in [-0.2, -0.15) is 0 Å². The molecule has 2 heteroatoms. The molecule has 1 fully saturated rings. The van der Waals surface area contributed by atoms with Gasteiger partial charge in [-0.3, -0.25) is 0 Å². The van der Waals surface area contributed by atoms with Crippen molar-refractivity contribution >= 4 is 5.69 Å². The number of nitrogens with one attached hydrogen (secondary N) is 1. The van der Waals surface area contributed by atoms with Gasteiger partial charge in [0.15, 0.2) is 0 Å². The number of rotatable bonds is 0. The summed E-state index contributed by atoms with van der Waals surface area (Å²) in [6.45, 7) is 3.61. The first-order valence-corrected chi connectivity index (χ1v) is 6.29. The highest BCUT2D eigenvalue weighted by Crippen LogP contribution is 2.41. The normalized spacial score (nSPS) is 23.2. The van der Waals surface area contributed by atoms with Gasteiger partial charge >= 0.3 is 0 Å². The van der Waals surface area contributed by atoms with Gasteiger partial charge in [0.05, 0.1) is 0 Å². The highest BCUT2D eigenvalue weighted by molar-refractivity contribution is 5.55. The van der Waals surface area contributed by atoms with E-state index in [-0.39, 0.29) is 0 Å². The molecule has 0 atom stereocenters. The van der Waals surface area contributed by atoms with E-state index in [1.165, 1.54) is 50.1 Å². The minimum atomic E-state index is 0.536. The van der Waals surface area contributed by atoms with Gasteiger partial charge in [-0.1, -0.05) is 18.2 Å². The number of anilines is 1. The van der Waals surface area contributed by atoms with Gasteiger partial charge in [0, 0.05) is 19.3 Å². The Labute approximate surface area is 97.6 Å². The van der Waals surface area contributed by atoms with Crippen LogP contribution in [-0.2, 0) is 6.42 Å². The second-order valence-electron chi connectivity index (χ2n) is 5.41. The van der Waals surface area contributed by atoms with E-state index in [0.717, 1.165) is 0 Å². The summed E-state index contributed by atoms with van der Waals surface area (Å²) < 4.78 is 0. The summed E-state index contributed by atoms with van der Waals surface area (Å²) in [5.41, 5.74) is 3.51. The molecule has 2 aliphatic heterocycles. The van der Waals surface area contributed by atoms with Crippen LogP contribution in [0.3, 0.4) is 0 Å². The van der Waals surface area contributed by atoms with Crippen LogP contribution in [0.4, 0.5) is 5.69 Å². The quantitative estimate of drug-likeness (QED) is 0.714. The molecule has 0 amide bonds. The summed E-state index contributed by atoms with van der Waals surface area (Å²) in [6, 6.07) is 8.88. The molecule has 1 aromatic rings. The minimum Gasteiger partial charge on any atom is -0.374 e. The molecule has 0 radical (unpaired) electrons. The monoisotopic (exact) mass is 216 g/mol. The summed E-state index contributed by atoms with van der Waals surface area (Å²) in [6.07, 6.45) is 3.92. The number of hydrogen-bond donors (Lipinski definition) is 1. The van der Waals surface area contributed by atoms with Gasteiger partial charge in [0.1, 0.15) is 0 Å². The fourth-order valence-electron chi connectivity index (χ4n) is 3.37. The number of benzene rings is 1. The number of para-hydroxylation sites is 1. The summed E-state index contributed by atoms with van der Waals surface area (Å²) >= 11 is 0. The Bertz CT molecular complexity index is 380. The standard InChI is InChI=1S/C14H20N2/c1-16-11-14(6-8-15-9-7-14)10-12-4-2-3-5-13(12)16/h2-5,15H,6-11H2,1H3. The molecule has 1 N–H and O–H groups in total. The summed E-state index contributed by atoms with van der Waals surface area (Å²) in [4.78, 5) is 2.45. The van der Waals surface area contributed by atoms with E-state index in [0.29, 0.717) is 5.41 Å². The summed E-state index contributed by atoms with van der Waals surface area (Å²) in [5, 5.41) is 3.48. The van der Waals surface area contributed by atoms with Crippen molar-refractivity contribution in [3.8, 4) is 0 Å². The van der Waals surface area contributed by atoms with Crippen molar-refractivity contribution in [1.29, 1.82) is 0 Å². The molecule has 0 bridgehead atoms. The first-order valence-electron chi connectivity index (χ1n) is 6.29. The molecule has 0 aliphatic carbocycles. The van der Waals surface area contributed by atoms with Crippen molar-refractivity contribution in [2.75, 3.05) is 31.6 Å². The smallest absolute Gasteiger partial charge is 0.0396 e. The topological polar surface area (TPSA) is 15.3 Å². The molecule has 3 rings (SSSR count). The maximum atomic E-state index is 3.48. The predicted octanol–water partition coefficient (Wildman–Crippen LogP) is 2.05. The van der Waals surface area contributed by atoms with Crippen LogP contribution in [0, 0.1) is 5.41 Å². The molecule has 0 saturated carbocycles. The highest BCUT2D eigenvalue weighted by Gasteiger charge is 2.37. The van der Waals surface area contributed by atoms with Crippen molar-refractivity contribution < 1.29 is 0 Å². The molecule has 2 heterocycles. The zero-order valence-electron chi connectivity index (χ0n) is 10.00. The lowest BCUT2D eigenvalue weighted by molar-refractivity contribution is 0.200. The van der Waals surface area contributed by atoms with Crippen molar-refractivity contribution in [2.45, 2.75) is 19.3 Å². The van der Waals surface area contributed by atoms with Crippen LogP contribution in [0.25, 0.3) is 0 Å². The molecule has 1 aromatic carbocycles. The fraction of sp³-hybridized carbons (Fsp3) is 0.571. The Morgan fingerprint density at radius 3 is 2.75 bits per heavy atom. The molecular weight excluding hydrogens is 196 g/mol. The molecule has 0 unspecified atom stereocenters. The van der Waals surface area contributed by atoms with Crippen LogP contribution >= 0.6 is 0 Å². The summed E-state index contributed by atoms with van der Waals surface area (Å²) in [7, 11) is 2.24. The third-order valence-corrected chi connectivity index (χ3v) is 4.21. The molecule has 1 saturated heterocycles. The molecule has 2 nitrogen and oxygen atoms in total. The highest BCUT2D eigenvalue weighted by atomic mass is 15.1. The van der Waals surface area contributed by atoms with Crippen LogP contribution in [-0.4, -0.2) is 26.7 Å². The molecule has 1 spiro atoms. The molecule has 16 heavy (non-hydrogen) atoms. The van der Waals surface area contributed by atoms with Gasteiger partial charge in [-0.25, -0.2) is 0 Å². The first kappa shape index (κ1) is 10.2. The first-order chi connectivity index (χ1) is 7.79. The maximum Gasteiger partial charge on any atom is 0.0396 e. The van der Waals surface area contributed by atoms with Gasteiger partial charge in [0.25, 0.3) is 0 Å². The van der Waals surface area contributed by atoms with Crippen molar-refractivity contribution in [2.24, 2.45) is 5.41 Å². The maximum absolute atomic E-state index is 3.48. The average Bonchev–Trinajstić information content (AvgIpc) is 2.30.